The zero-order valence-electron chi connectivity index (χ0n) is 74.2. The van der Waals surface area contributed by atoms with E-state index in [1.54, 1.807) is 88.5 Å². The van der Waals surface area contributed by atoms with Crippen molar-refractivity contribution < 1.29 is 101 Å². The van der Waals surface area contributed by atoms with Gasteiger partial charge in [-0.15, -0.1) is 11.8 Å². The molecule has 0 unspecified atom stereocenters. The molecule has 4 heterocycles. The number of carboxylic acid groups (broad SMARTS) is 1. The van der Waals surface area contributed by atoms with E-state index in [1.807, 2.05) is 6.92 Å². The molecule has 4 aromatic carbocycles. The number of benzene rings is 4. The average Bonchev–Trinajstić information content (AvgIpc) is 1.78. The number of methoxy groups -OCH3 is 1. The zero-order chi connectivity index (χ0) is 94.5. The number of hydrogen-bond acceptors (Lipinski definition) is 20. The van der Waals surface area contributed by atoms with Crippen LogP contribution in [0.2, 0.25) is 0 Å². The smallest absolute Gasteiger partial charge is 0.305 e. The molecular formula is C90H122FN17O20S. The number of nitrogens with one attached hydrogen (secondary N) is 10. The third kappa shape index (κ3) is 29.5. The monoisotopic (exact) mass is 1810 g/mol. The summed E-state index contributed by atoms with van der Waals surface area (Å²) in [6.45, 7) is 7.35. The Kier molecular flexibility index (Phi) is 38.8. The number of rotatable bonds is 25. The summed E-state index contributed by atoms with van der Waals surface area (Å²) in [6.07, 6.45) is 0.0136. The number of carbonyl (C=O) groups excluding carboxylic acids is 16. The minimum absolute atomic E-state index is 0.00119. The van der Waals surface area contributed by atoms with Crippen LogP contribution in [0, 0.1) is 17.7 Å². The molecular weight excluding hydrogens is 1690 g/mol. The second-order valence-electron chi connectivity index (χ2n) is 33.7. The van der Waals surface area contributed by atoms with Crippen molar-refractivity contribution in [3.63, 3.8) is 0 Å². The molecule has 0 saturated carbocycles. The van der Waals surface area contributed by atoms with E-state index in [0.29, 0.717) is 58.8 Å². The standard InChI is InChI=1S/C90H122FN17O20S/c1-10-11-24-71-89(126)108-39-19-26-70(108)85(122)101-65(46-76(113)114)82(119)103-77(52(4)5)90(127)104(6)68(37-40-128-9)83(120)97-61(35-36-73(92)110)87(124)107-38-18-17-25-69(107)84(121)100-64(45-56-47-94-60-23-16-15-22-59(56)60)81(118)99-63(42-55-29-33-58(109)34-30-55)80(117)98-62(41-51(2)3)79(116)102-67(78(115)95-48-74(93)111)49-129-50-75(112)96-66(43-54-27-31-57(91)32-28-54)86(123)106(8)72(88(125)105(71)7)44-53-20-13-12-14-21-53/h12-16,20-23,27-34,47,51-52,61-72,77,94,109H,10-11,17-19,24-26,35-46,48-50H2,1-9H3,(H2,92,110)(H2,93,111)(H,95,115)(H,96,112)(H,97,120)(H,98,117)(H,99,118)(H,100,121)(H,101,122)(H,102,116)(H,103,119)(H,113,114)/t61-,62-,63-,64+,65-,66-,67-,68-,69+,70+,71-,72-,77-/m0/s1. The number of para-hydroxylation sites is 1. The number of ether oxygens (including phenoxy) is 1. The Morgan fingerprint density at radius 3 is 1.72 bits per heavy atom. The maximum atomic E-state index is 15.7. The number of carbonyl (C=O) groups is 17. The van der Waals surface area contributed by atoms with Crippen molar-refractivity contribution >= 4 is 123 Å². The zero-order valence-corrected chi connectivity index (χ0v) is 75.1. The summed E-state index contributed by atoms with van der Waals surface area (Å²) in [5.74, 6) is -19.1. The van der Waals surface area contributed by atoms with Crippen molar-refractivity contribution in [3.05, 3.63) is 137 Å². The van der Waals surface area contributed by atoms with E-state index in [-0.39, 0.29) is 95.6 Å². The van der Waals surface area contributed by atoms with Gasteiger partial charge in [0.15, 0.2) is 0 Å². The summed E-state index contributed by atoms with van der Waals surface area (Å²) in [6, 6.07) is 6.26. The minimum atomic E-state index is -1.91. The number of primary amides is 2. The van der Waals surface area contributed by atoms with Crippen LogP contribution >= 0.6 is 11.8 Å². The van der Waals surface area contributed by atoms with Crippen molar-refractivity contribution in [1.29, 1.82) is 0 Å². The number of aliphatic carboxylic acids is 1. The van der Waals surface area contributed by atoms with Gasteiger partial charge < -0.3 is 104 Å². The summed E-state index contributed by atoms with van der Waals surface area (Å²) in [7, 11) is 5.25. The summed E-state index contributed by atoms with van der Waals surface area (Å²) >= 11 is 0.786. The van der Waals surface area contributed by atoms with Gasteiger partial charge in [0, 0.05) is 109 Å². The fourth-order valence-electron chi connectivity index (χ4n) is 16.0. The predicted molar refractivity (Wildman–Crippen MR) is 474 cm³/mol. The normalized spacial score (nSPS) is 24.0. The number of piperidine rings is 1. The van der Waals surface area contributed by atoms with Crippen molar-refractivity contribution in [2.75, 3.05) is 66.0 Å². The van der Waals surface area contributed by atoms with E-state index in [1.165, 1.54) is 79.4 Å². The fourth-order valence-corrected chi connectivity index (χ4v) is 16.9. The second kappa shape index (κ2) is 49.1. The first-order chi connectivity index (χ1) is 61.4. The number of phenols is 1. The highest BCUT2D eigenvalue weighted by molar-refractivity contribution is 8.00. The van der Waals surface area contributed by atoms with E-state index in [9.17, 15) is 53.0 Å². The number of aromatic amines is 1. The van der Waals surface area contributed by atoms with Crippen LogP contribution in [0.1, 0.15) is 140 Å². The molecule has 13 atom stereocenters. The molecule has 1 aromatic heterocycles. The van der Waals surface area contributed by atoms with Crippen molar-refractivity contribution in [2.24, 2.45) is 23.3 Å². The van der Waals surface area contributed by atoms with Crippen LogP contribution in [0.15, 0.2) is 109 Å². The molecule has 129 heavy (non-hydrogen) atoms. The van der Waals surface area contributed by atoms with Gasteiger partial charge >= 0.3 is 5.97 Å². The Bertz CT molecular complexity index is 4790. The number of unbranched alkanes of at least 4 members (excludes halogenated alkanes) is 1. The lowest BCUT2D eigenvalue weighted by molar-refractivity contribution is -0.152. The molecule has 3 fully saturated rings. The van der Waals surface area contributed by atoms with Gasteiger partial charge in [0.1, 0.15) is 90.1 Å². The Morgan fingerprint density at radius 2 is 1.09 bits per heavy atom. The molecule has 700 valence electrons. The molecule has 3 aliphatic rings. The lowest BCUT2D eigenvalue weighted by Gasteiger charge is -2.38. The number of nitrogens with two attached hydrogens (primary N) is 2. The molecule has 3 aliphatic heterocycles. The van der Waals surface area contributed by atoms with Crippen LogP contribution < -0.4 is 59.3 Å². The summed E-state index contributed by atoms with van der Waals surface area (Å²) < 4.78 is 20.0. The maximum absolute atomic E-state index is 15.7. The second-order valence-corrected chi connectivity index (χ2v) is 34.7. The topological polar surface area (TPSA) is 532 Å². The average molecular weight is 1810 g/mol. The van der Waals surface area contributed by atoms with Gasteiger partial charge in [-0.25, -0.2) is 4.39 Å². The molecule has 16 amide bonds. The van der Waals surface area contributed by atoms with E-state index in [4.69, 9.17) is 16.2 Å². The number of fused-ring (bicyclic) bond motifs is 3. The highest BCUT2D eigenvalue weighted by Gasteiger charge is 2.46. The molecule has 0 spiro atoms. The molecule has 16 N–H and O–H groups in total. The molecule has 5 aromatic rings. The summed E-state index contributed by atoms with van der Waals surface area (Å²) in [4.78, 5) is 258. The van der Waals surface area contributed by atoms with Crippen LogP contribution in [0.4, 0.5) is 4.39 Å². The Labute approximate surface area is 752 Å². The SMILES string of the molecule is CCCC[C@H]1C(=O)N2CCC[C@@H]2C(=O)N[C@@H](CC(=O)O)C(=O)N[C@@H](C(C)C)C(=O)N(C)[C@@H](CCOC)C(=O)N[C@@H](CCC(N)=O)C(=O)N2CCCC[C@@H]2C(=O)N[C@H](Cc2c[nH]c3ccccc23)C(=O)N[C@@H](Cc2ccc(O)cc2)C(=O)N[C@@H](CC(C)C)C(=O)N[C@H](C(=O)NCC(N)=O)CSCC(=O)N[C@@H](Cc2ccc(F)cc2)C(=O)N(C)[C@@H](Cc2ccccc2)C(=O)N1C. The fraction of sp³-hybridized carbons (Fsp3) is 0.522. The largest absolute Gasteiger partial charge is 0.508 e. The number of phenolic OH excluding ortho intramolecular Hbond substituents is 1. The molecule has 39 heteroatoms. The van der Waals surface area contributed by atoms with Crippen LogP contribution in [0.25, 0.3) is 10.9 Å². The number of hydrogen-bond donors (Lipinski definition) is 14. The van der Waals surface area contributed by atoms with Crippen LogP contribution in [0.5, 0.6) is 5.75 Å². The highest BCUT2D eigenvalue weighted by atomic mass is 32.2. The maximum Gasteiger partial charge on any atom is 0.305 e. The number of amides is 16. The van der Waals surface area contributed by atoms with Crippen molar-refractivity contribution in [1.82, 2.24) is 77.3 Å². The van der Waals surface area contributed by atoms with Gasteiger partial charge in [0.05, 0.1) is 18.7 Å². The number of H-pyrrole nitrogens is 1. The Hall–Kier alpha value is -12.6. The van der Waals surface area contributed by atoms with Gasteiger partial charge in [-0.05, 0) is 116 Å². The Balaban J connectivity index is 1.22. The van der Waals surface area contributed by atoms with Gasteiger partial charge in [-0.3, -0.25) is 81.5 Å². The van der Waals surface area contributed by atoms with E-state index in [0.717, 1.165) is 33.7 Å². The summed E-state index contributed by atoms with van der Waals surface area (Å²) in [5.41, 5.74) is 13.6. The molecule has 3 saturated heterocycles. The minimum Gasteiger partial charge on any atom is -0.508 e. The molecule has 0 bridgehead atoms. The number of aromatic hydroxyl groups is 1. The molecule has 37 nitrogen and oxygen atoms in total. The summed E-state index contributed by atoms with van der Waals surface area (Å²) in [5, 5.41) is 45.3. The van der Waals surface area contributed by atoms with E-state index in [2.05, 4.69) is 52.8 Å². The number of halogens is 1. The van der Waals surface area contributed by atoms with Gasteiger partial charge in [-0.2, -0.15) is 0 Å². The quantitative estimate of drug-likeness (QED) is 0.0388. The lowest BCUT2D eigenvalue weighted by atomic mass is 9.97. The Morgan fingerprint density at radius 1 is 0.543 bits per heavy atom. The van der Waals surface area contributed by atoms with Gasteiger partial charge in [0.2, 0.25) is 94.5 Å². The molecule has 0 aliphatic carbocycles. The number of likely N-dealkylation sites (N-methyl/N-ethyl adjacent to an activating group) is 3. The van der Waals surface area contributed by atoms with Crippen LogP contribution in [-0.2, 0) is 112 Å². The third-order valence-corrected chi connectivity index (χ3v) is 24.2. The first-order valence-electron chi connectivity index (χ1n) is 43.5. The first kappa shape index (κ1) is 102. The van der Waals surface area contributed by atoms with Crippen LogP contribution in [0.3, 0.4) is 0 Å². The van der Waals surface area contributed by atoms with Gasteiger partial charge in [0.25, 0.3) is 0 Å². The number of nitrogens with zero attached hydrogens (tertiary/aromatic N) is 5. The highest BCUT2D eigenvalue weighted by Crippen LogP contribution is 2.28. The van der Waals surface area contributed by atoms with Crippen molar-refractivity contribution in [2.45, 2.75) is 222 Å². The molecule has 8 rings (SSSR count). The van der Waals surface area contributed by atoms with Crippen molar-refractivity contribution in [3.8, 4) is 5.75 Å². The number of carboxylic acids is 1. The third-order valence-electron chi connectivity index (χ3n) is 23.1. The number of aromatic nitrogens is 1. The number of thioether (sulfide) groups is 1. The first-order valence-corrected chi connectivity index (χ1v) is 44.6. The molecule has 0 radical (unpaired) electrons. The van der Waals surface area contributed by atoms with E-state index >= 15 is 43.2 Å². The lowest BCUT2D eigenvalue weighted by Crippen LogP contribution is -2.63. The van der Waals surface area contributed by atoms with E-state index < -0.39 is 228 Å². The van der Waals surface area contributed by atoms with Crippen LogP contribution in [-0.4, -0.2) is 285 Å². The predicted octanol–water partition coefficient (Wildman–Crippen LogP) is 1.03. The van der Waals surface area contributed by atoms with Gasteiger partial charge in [-0.1, -0.05) is 120 Å².